The molecule has 0 heterocycles. The summed E-state index contributed by atoms with van der Waals surface area (Å²) in [4.78, 5) is 13.4. The molecule has 7 atom stereocenters. The van der Waals surface area contributed by atoms with Gasteiger partial charge in [0.25, 0.3) is 0 Å². The van der Waals surface area contributed by atoms with Crippen molar-refractivity contribution in [3.8, 4) is 0 Å². The predicted octanol–water partition coefficient (Wildman–Crippen LogP) is 5.65. The molecule has 2 nitrogen and oxygen atoms in total. The molecule has 28 heavy (non-hydrogen) atoms. The van der Waals surface area contributed by atoms with Crippen molar-refractivity contribution in [2.24, 2.45) is 34.5 Å². The van der Waals surface area contributed by atoms with Crippen LogP contribution in [0.3, 0.4) is 0 Å². The average molecular weight is 379 g/mol. The zero-order valence-corrected chi connectivity index (χ0v) is 17.4. The Labute approximate surface area is 169 Å². The van der Waals surface area contributed by atoms with Crippen LogP contribution in [0.25, 0.3) is 6.08 Å². The van der Waals surface area contributed by atoms with E-state index in [0.29, 0.717) is 29.0 Å². The lowest BCUT2D eigenvalue weighted by Gasteiger charge is -2.59. The summed E-state index contributed by atoms with van der Waals surface area (Å²) < 4.78 is 0. The summed E-state index contributed by atoms with van der Waals surface area (Å²) in [5, 5.41) is 10.2. The Balaban J connectivity index is 1.45. The second-order valence-corrected chi connectivity index (χ2v) is 10.7. The van der Waals surface area contributed by atoms with Crippen LogP contribution in [0.2, 0.25) is 0 Å². The molecule has 150 valence electrons. The Kier molecular flexibility index (Phi) is 4.36. The lowest BCUT2D eigenvalue weighted by Crippen LogP contribution is -2.54. The van der Waals surface area contributed by atoms with Gasteiger partial charge in [-0.1, -0.05) is 44.2 Å². The van der Waals surface area contributed by atoms with E-state index in [2.05, 4.69) is 44.2 Å². The van der Waals surface area contributed by atoms with Crippen molar-refractivity contribution in [2.45, 2.75) is 71.3 Å². The fourth-order valence-electron chi connectivity index (χ4n) is 7.79. The minimum Gasteiger partial charge on any atom is -0.393 e. The maximum atomic E-state index is 13.4. The first-order valence-electron chi connectivity index (χ1n) is 11.4. The lowest BCUT2D eigenvalue weighted by atomic mass is 9.45. The first-order valence-corrected chi connectivity index (χ1v) is 11.4. The number of rotatable bonds is 1. The molecule has 0 aromatic heterocycles. The molecule has 1 aromatic carbocycles. The van der Waals surface area contributed by atoms with Crippen molar-refractivity contribution < 1.29 is 9.90 Å². The molecule has 4 aliphatic carbocycles. The minimum atomic E-state index is -0.154. The van der Waals surface area contributed by atoms with Crippen molar-refractivity contribution in [1.82, 2.24) is 0 Å². The summed E-state index contributed by atoms with van der Waals surface area (Å²) >= 11 is 0. The number of hydrogen-bond acceptors (Lipinski definition) is 2. The average Bonchev–Trinajstić information content (AvgIpc) is 2.94. The van der Waals surface area contributed by atoms with Crippen molar-refractivity contribution in [3.63, 3.8) is 0 Å². The van der Waals surface area contributed by atoms with E-state index in [1.165, 1.54) is 25.7 Å². The molecule has 4 fully saturated rings. The zero-order chi connectivity index (χ0) is 19.5. The third-order valence-corrected chi connectivity index (χ3v) is 9.42. The molecule has 1 aromatic rings. The van der Waals surface area contributed by atoms with E-state index in [0.717, 1.165) is 42.7 Å². The number of benzene rings is 1. The van der Waals surface area contributed by atoms with Crippen LogP contribution in [0.15, 0.2) is 35.9 Å². The van der Waals surface area contributed by atoms with Crippen LogP contribution < -0.4 is 0 Å². The number of Topliss-reactive ketones (excluding diaryl/α,β-unsaturated/α-hetero) is 1. The highest BCUT2D eigenvalue weighted by molar-refractivity contribution is 6.05. The number of carbonyl (C=O) groups is 1. The number of hydrogen-bond donors (Lipinski definition) is 1. The van der Waals surface area contributed by atoms with Gasteiger partial charge in [-0.2, -0.15) is 0 Å². The molecular formula is C26H34O2. The number of aliphatic hydroxyl groups excluding tert-OH is 1. The molecule has 0 amide bonds. The van der Waals surface area contributed by atoms with Gasteiger partial charge in [-0.05, 0) is 97.7 Å². The highest BCUT2D eigenvalue weighted by atomic mass is 16.3. The third-order valence-electron chi connectivity index (χ3n) is 9.42. The van der Waals surface area contributed by atoms with Crippen LogP contribution in [-0.2, 0) is 4.79 Å². The van der Waals surface area contributed by atoms with Gasteiger partial charge in [0.15, 0.2) is 5.78 Å². The van der Waals surface area contributed by atoms with E-state index in [4.69, 9.17) is 0 Å². The molecular weight excluding hydrogens is 344 g/mol. The zero-order valence-electron chi connectivity index (χ0n) is 17.4. The second-order valence-electron chi connectivity index (χ2n) is 10.7. The molecule has 1 N–H and O–H groups in total. The number of fused-ring (bicyclic) bond motifs is 5. The van der Waals surface area contributed by atoms with Crippen LogP contribution >= 0.6 is 0 Å². The monoisotopic (exact) mass is 378 g/mol. The minimum absolute atomic E-state index is 0.0862. The first kappa shape index (κ1) is 18.6. The van der Waals surface area contributed by atoms with Gasteiger partial charge in [-0.3, -0.25) is 4.79 Å². The quantitative estimate of drug-likeness (QED) is 0.641. The van der Waals surface area contributed by atoms with Gasteiger partial charge < -0.3 is 5.11 Å². The number of carbonyl (C=O) groups excluding carboxylic acids is 1. The maximum absolute atomic E-state index is 13.4. The van der Waals surface area contributed by atoms with Crippen LogP contribution in [0, 0.1) is 34.5 Å². The molecule has 4 aliphatic rings. The van der Waals surface area contributed by atoms with E-state index in [1.54, 1.807) is 0 Å². The lowest BCUT2D eigenvalue weighted by molar-refractivity contribution is -0.141. The van der Waals surface area contributed by atoms with Gasteiger partial charge in [0.05, 0.1) is 6.10 Å². The molecule has 0 radical (unpaired) electrons. The van der Waals surface area contributed by atoms with Crippen molar-refractivity contribution in [2.75, 3.05) is 0 Å². The standard InChI is InChI=1S/C26H34O2/c1-25-12-10-20(27)16-19(25)8-9-21-22(25)11-13-26(2)23(21)15-18(24(26)28)14-17-6-4-3-5-7-17/h3-7,14,19-23,27H,8-13,15-16H2,1-2H3/b18-14-. The highest BCUT2D eigenvalue weighted by Crippen LogP contribution is 2.66. The van der Waals surface area contributed by atoms with Gasteiger partial charge in [-0.25, -0.2) is 0 Å². The topological polar surface area (TPSA) is 37.3 Å². The molecule has 0 saturated heterocycles. The van der Waals surface area contributed by atoms with Gasteiger partial charge in [0, 0.05) is 5.41 Å². The smallest absolute Gasteiger partial charge is 0.165 e. The summed E-state index contributed by atoms with van der Waals surface area (Å²) in [6.07, 6.45) is 10.9. The Bertz CT molecular complexity index is 796. The first-order chi connectivity index (χ1) is 13.4. The van der Waals surface area contributed by atoms with Crippen LogP contribution in [0.1, 0.15) is 70.8 Å². The van der Waals surface area contributed by atoms with Crippen LogP contribution in [0.4, 0.5) is 0 Å². The molecule has 0 aliphatic heterocycles. The van der Waals surface area contributed by atoms with Crippen molar-refractivity contribution >= 4 is 11.9 Å². The Morgan fingerprint density at radius 3 is 2.57 bits per heavy atom. The van der Waals surface area contributed by atoms with Crippen LogP contribution in [0.5, 0.6) is 0 Å². The maximum Gasteiger partial charge on any atom is 0.165 e. The summed E-state index contributed by atoms with van der Waals surface area (Å²) in [7, 11) is 0. The number of ketones is 1. The van der Waals surface area contributed by atoms with Crippen LogP contribution in [-0.4, -0.2) is 17.0 Å². The van der Waals surface area contributed by atoms with Crippen molar-refractivity contribution in [1.29, 1.82) is 0 Å². The molecule has 0 bridgehead atoms. The predicted molar refractivity (Wildman–Crippen MR) is 113 cm³/mol. The normalized spacial score (nSPS) is 46.8. The van der Waals surface area contributed by atoms with Gasteiger partial charge in [-0.15, -0.1) is 0 Å². The molecule has 4 saturated carbocycles. The summed E-state index contributed by atoms with van der Waals surface area (Å²) in [5.74, 6) is 3.03. The fourth-order valence-corrected chi connectivity index (χ4v) is 7.79. The van der Waals surface area contributed by atoms with Crippen molar-refractivity contribution in [3.05, 3.63) is 41.5 Å². The fraction of sp³-hybridized carbons (Fsp3) is 0.654. The van der Waals surface area contributed by atoms with E-state index in [1.807, 2.05) is 6.07 Å². The summed E-state index contributed by atoms with van der Waals surface area (Å²) in [6.45, 7) is 4.78. The van der Waals surface area contributed by atoms with E-state index < -0.39 is 0 Å². The molecule has 5 rings (SSSR count). The molecule has 2 heteroatoms. The van der Waals surface area contributed by atoms with E-state index in [-0.39, 0.29) is 11.5 Å². The Morgan fingerprint density at radius 2 is 1.79 bits per heavy atom. The summed E-state index contributed by atoms with van der Waals surface area (Å²) in [6, 6.07) is 10.3. The Hall–Kier alpha value is -1.41. The largest absolute Gasteiger partial charge is 0.393 e. The van der Waals surface area contributed by atoms with Gasteiger partial charge in [0.1, 0.15) is 0 Å². The highest BCUT2D eigenvalue weighted by Gasteiger charge is 2.61. The molecule has 0 spiro atoms. The summed E-state index contributed by atoms with van der Waals surface area (Å²) in [5.41, 5.74) is 2.43. The number of allylic oxidation sites excluding steroid dienone is 1. The Morgan fingerprint density at radius 1 is 1.00 bits per heavy atom. The SMILES string of the molecule is CC12CCC3C(CCC4CC(O)CCC43C)C1C/C(=C/c1ccccc1)C2=O. The van der Waals surface area contributed by atoms with E-state index >= 15 is 0 Å². The van der Waals surface area contributed by atoms with Gasteiger partial charge >= 0.3 is 0 Å². The van der Waals surface area contributed by atoms with Gasteiger partial charge in [0.2, 0.25) is 0 Å². The second kappa shape index (κ2) is 6.55. The third kappa shape index (κ3) is 2.67. The van der Waals surface area contributed by atoms with E-state index in [9.17, 15) is 9.90 Å². The molecule has 7 unspecified atom stereocenters. The number of aliphatic hydroxyl groups is 1.